The van der Waals surface area contributed by atoms with Crippen molar-refractivity contribution in [3.8, 4) is 0 Å². The Morgan fingerprint density at radius 1 is 1.35 bits per heavy atom. The Morgan fingerprint density at radius 3 is 2.58 bits per heavy atom. The summed E-state index contributed by atoms with van der Waals surface area (Å²) in [7, 11) is 1.78. The zero-order chi connectivity index (χ0) is 19.3. The van der Waals surface area contributed by atoms with Gasteiger partial charge in [0, 0.05) is 12.7 Å². The molecule has 2 rings (SSSR count). The van der Waals surface area contributed by atoms with Gasteiger partial charge in [0.25, 0.3) is 11.8 Å². The lowest BCUT2D eigenvalue weighted by Gasteiger charge is -2.16. The number of primary amides is 1. The van der Waals surface area contributed by atoms with Crippen molar-refractivity contribution in [2.75, 3.05) is 16.7 Å². The maximum absolute atomic E-state index is 13.0. The first kappa shape index (κ1) is 19.5. The Hall–Kier alpha value is -2.85. The molecule has 0 unspecified atom stereocenters. The Kier molecular flexibility index (Phi) is 6.36. The van der Waals surface area contributed by atoms with Gasteiger partial charge in [-0.15, -0.1) is 11.3 Å². The molecule has 0 saturated heterocycles. The topological polar surface area (TPSA) is 125 Å². The molecule has 2 aromatic rings. The average molecular weight is 393 g/mol. The van der Waals surface area contributed by atoms with Gasteiger partial charge in [0.15, 0.2) is 0 Å². The lowest BCUT2D eigenvalue weighted by atomic mass is 10.3. The number of anilines is 2. The number of nitrogens with one attached hydrogen (secondary N) is 2. The summed E-state index contributed by atoms with van der Waals surface area (Å²) in [5, 5.41) is 10.3. The van der Waals surface area contributed by atoms with Crippen molar-refractivity contribution < 1.29 is 14.0 Å². The van der Waals surface area contributed by atoms with Crippen molar-refractivity contribution in [1.82, 2.24) is 0 Å². The van der Waals surface area contributed by atoms with Gasteiger partial charge < -0.3 is 21.1 Å². The Balaban J connectivity index is 2.20. The van der Waals surface area contributed by atoms with Crippen LogP contribution in [0.15, 0.2) is 46.8 Å². The molecule has 10 heteroatoms. The molecule has 26 heavy (non-hydrogen) atoms. The number of amides is 2. The highest BCUT2D eigenvalue weighted by molar-refractivity contribution is 8.02. The van der Waals surface area contributed by atoms with Gasteiger partial charge in [-0.05, 0) is 54.6 Å². The second-order valence-electron chi connectivity index (χ2n) is 4.96. The van der Waals surface area contributed by atoms with Gasteiger partial charge in [-0.3, -0.25) is 15.0 Å². The summed E-state index contributed by atoms with van der Waals surface area (Å²) in [6.07, 6.45) is 2.20. The Bertz CT molecular complexity index is 864. The monoisotopic (exact) mass is 393 g/mol. The highest BCUT2D eigenvalue weighted by Gasteiger charge is 2.18. The zero-order valence-electron chi connectivity index (χ0n) is 13.7. The molecule has 0 aliphatic rings. The van der Waals surface area contributed by atoms with Crippen molar-refractivity contribution in [1.29, 1.82) is 5.41 Å². The molecule has 0 saturated carbocycles. The summed E-state index contributed by atoms with van der Waals surface area (Å²) >= 11 is 2.42. The fourth-order valence-corrected chi connectivity index (χ4v) is 4.06. The zero-order valence-corrected chi connectivity index (χ0v) is 15.3. The molecule has 0 fully saturated rings. The summed E-state index contributed by atoms with van der Waals surface area (Å²) < 4.78 is 15.5. The van der Waals surface area contributed by atoms with Crippen LogP contribution in [0, 0.1) is 11.2 Å². The minimum absolute atomic E-state index is 0.142. The van der Waals surface area contributed by atoms with Crippen LogP contribution < -0.4 is 21.1 Å². The number of hydrogen-bond donors (Lipinski definition) is 4. The second-order valence-corrected chi connectivity index (χ2v) is 7.45. The number of carbonyl (C=O) groups excluding carboxylic acids is 2. The molecule has 1 heterocycles. The molecule has 1 aromatic heterocycles. The average Bonchev–Trinajstić information content (AvgIpc) is 2.98. The predicted octanol–water partition coefficient (Wildman–Crippen LogP) is 2.56. The van der Waals surface area contributed by atoms with E-state index in [1.165, 1.54) is 24.1 Å². The molecule has 136 valence electrons. The van der Waals surface area contributed by atoms with Crippen LogP contribution in [0.5, 0.6) is 0 Å². The molecule has 0 atom stereocenters. The lowest BCUT2D eigenvalue weighted by molar-refractivity contribution is -0.110. The van der Waals surface area contributed by atoms with E-state index in [2.05, 4.69) is 5.32 Å². The summed E-state index contributed by atoms with van der Waals surface area (Å²) in [6, 6.07) is 7.48. The van der Waals surface area contributed by atoms with Crippen molar-refractivity contribution in [3.63, 3.8) is 0 Å². The Labute approximate surface area is 157 Å². The van der Waals surface area contributed by atoms with Crippen LogP contribution in [0.4, 0.5) is 15.1 Å². The van der Waals surface area contributed by atoms with Gasteiger partial charge in [0.2, 0.25) is 0 Å². The van der Waals surface area contributed by atoms with Crippen molar-refractivity contribution in [2.45, 2.75) is 4.21 Å². The van der Waals surface area contributed by atoms with Gasteiger partial charge in [-0.25, -0.2) is 4.39 Å². The normalized spacial score (nSPS) is 10.7. The molecule has 7 nitrogen and oxygen atoms in total. The molecule has 0 radical (unpaired) electrons. The van der Waals surface area contributed by atoms with Crippen molar-refractivity contribution in [3.05, 3.63) is 54.0 Å². The molecule has 0 spiro atoms. The molecular weight excluding hydrogens is 377 g/mol. The third kappa shape index (κ3) is 4.83. The number of halogens is 1. The molecule has 0 bridgehead atoms. The van der Waals surface area contributed by atoms with Crippen LogP contribution in [0.1, 0.15) is 10.4 Å². The highest BCUT2D eigenvalue weighted by Crippen LogP contribution is 2.37. The van der Waals surface area contributed by atoms with E-state index in [9.17, 15) is 14.0 Å². The van der Waals surface area contributed by atoms with E-state index in [0.717, 1.165) is 29.3 Å². The number of nitrogens with two attached hydrogens (primary N) is 2. The first-order chi connectivity index (χ1) is 12.3. The molecule has 1 aromatic carbocycles. The predicted molar refractivity (Wildman–Crippen MR) is 103 cm³/mol. The van der Waals surface area contributed by atoms with E-state index in [0.29, 0.717) is 4.21 Å². The van der Waals surface area contributed by atoms with Crippen LogP contribution in [0.3, 0.4) is 0 Å². The number of thiophene rings is 1. The van der Waals surface area contributed by atoms with Crippen LogP contribution in [-0.4, -0.2) is 24.6 Å². The van der Waals surface area contributed by atoms with Crippen LogP contribution in [0.25, 0.3) is 0 Å². The maximum Gasteiger partial charge on any atom is 0.274 e. The van der Waals surface area contributed by atoms with E-state index in [1.807, 2.05) is 0 Å². The molecule has 0 aliphatic heterocycles. The van der Waals surface area contributed by atoms with Gasteiger partial charge in [-0.2, -0.15) is 0 Å². The van der Waals surface area contributed by atoms with Crippen LogP contribution >= 0.6 is 23.3 Å². The van der Waals surface area contributed by atoms with E-state index in [4.69, 9.17) is 16.9 Å². The van der Waals surface area contributed by atoms with Crippen LogP contribution in [-0.2, 0) is 4.79 Å². The maximum atomic E-state index is 13.0. The van der Waals surface area contributed by atoms with Gasteiger partial charge in [-0.1, -0.05) is 0 Å². The number of nitrogens with zero attached hydrogens (tertiary/aromatic N) is 1. The fraction of sp³-hybridized carbons (Fsp3) is 0.0625. The summed E-state index contributed by atoms with van der Waals surface area (Å²) in [4.78, 5) is 23.6. The minimum atomic E-state index is -0.709. The summed E-state index contributed by atoms with van der Waals surface area (Å²) in [6.45, 7) is 0. The largest absolute Gasteiger partial charge is 0.405 e. The van der Waals surface area contributed by atoms with Gasteiger partial charge >= 0.3 is 0 Å². The molecule has 6 N–H and O–H groups in total. The smallest absolute Gasteiger partial charge is 0.274 e. The third-order valence-corrected chi connectivity index (χ3v) is 5.23. The van der Waals surface area contributed by atoms with Crippen molar-refractivity contribution >= 4 is 51.5 Å². The number of benzene rings is 1. The molecule has 2 amide bonds. The standard InChI is InChI=1S/C16H16FN5O2S2/c1-22(10-4-2-9(17)3-5-10)26-13-8-11(14(20)23)16(25-13)21-15(24)12(19)6-7-18/h2-8,19H,18H2,1H3,(H2,20,23)(H,21,24)/b7-6-,19-12?. The van der Waals surface area contributed by atoms with Crippen molar-refractivity contribution in [2.24, 2.45) is 11.5 Å². The third-order valence-electron chi connectivity index (χ3n) is 3.13. The fourth-order valence-electron chi connectivity index (χ4n) is 1.87. The van der Waals surface area contributed by atoms with E-state index in [1.54, 1.807) is 29.6 Å². The quantitative estimate of drug-likeness (QED) is 0.425. The minimum Gasteiger partial charge on any atom is -0.405 e. The van der Waals surface area contributed by atoms with E-state index in [-0.39, 0.29) is 22.1 Å². The first-order valence-corrected chi connectivity index (χ1v) is 8.80. The summed E-state index contributed by atoms with van der Waals surface area (Å²) in [5.74, 6) is -1.74. The molecule has 0 aliphatic carbocycles. The highest BCUT2D eigenvalue weighted by atomic mass is 32.2. The van der Waals surface area contributed by atoms with Gasteiger partial charge in [0.05, 0.1) is 9.77 Å². The Morgan fingerprint density at radius 2 is 2.00 bits per heavy atom. The number of carbonyl (C=O) groups is 2. The number of rotatable bonds is 7. The lowest BCUT2D eigenvalue weighted by Crippen LogP contribution is -2.22. The second kappa shape index (κ2) is 8.50. The van der Waals surface area contributed by atoms with E-state index >= 15 is 0 Å². The number of hydrogen-bond acceptors (Lipinski definition) is 7. The SMILES string of the molecule is CN(Sc1cc(C(N)=O)c(NC(=O)C(=N)/C=C\N)s1)c1ccc(F)cc1. The first-order valence-electron chi connectivity index (χ1n) is 7.21. The molecular formula is C16H16FN5O2S2. The van der Waals surface area contributed by atoms with Gasteiger partial charge in [0.1, 0.15) is 16.5 Å². The van der Waals surface area contributed by atoms with E-state index < -0.39 is 11.8 Å². The summed E-state index contributed by atoms with van der Waals surface area (Å²) in [5.41, 5.74) is 11.1. The van der Waals surface area contributed by atoms with Crippen LogP contribution in [0.2, 0.25) is 0 Å².